The maximum absolute atomic E-state index is 12.9. The molecular weight excluding hydrogens is 662 g/mol. The first kappa shape index (κ1) is 48.4. The molecule has 0 unspecified atom stereocenters. The smallest absolute Gasteiger partial charge is 0.253 e. The molecule has 0 spiro atoms. The largest absolute Gasteiger partial charge is 0.394 e. The molecule has 1 saturated heterocycles. The van der Waals surface area contributed by atoms with Crippen LogP contribution in [0, 0.1) is 0 Å². The predicted octanol–water partition coefficient (Wildman–Crippen LogP) is 6.69. The fourth-order valence-corrected chi connectivity index (χ4v) is 6.38. The Morgan fingerprint density at radius 1 is 0.712 bits per heavy atom. The summed E-state index contributed by atoms with van der Waals surface area (Å²) >= 11 is 0. The number of ether oxygens (including phenoxy) is 2. The average molecular weight is 740 g/mol. The molecule has 10 nitrogen and oxygen atoms in total. The Bertz CT molecular complexity index is 956. The molecule has 1 heterocycles. The summed E-state index contributed by atoms with van der Waals surface area (Å²) in [7, 11) is 0. The third kappa shape index (κ3) is 22.6. The fourth-order valence-electron chi connectivity index (χ4n) is 6.38. The number of carbonyl (C=O) groups excluding carboxylic acids is 1. The van der Waals surface area contributed by atoms with Crippen molar-refractivity contribution >= 4 is 5.91 Å². The van der Waals surface area contributed by atoms with E-state index in [-0.39, 0.29) is 6.61 Å². The SMILES string of the molecule is CCCCCCCCCCCC/C=C/[C@@H](O)C(=O)N[C@@H](CO[C@@H]1O[C@H](CO)[C@@H](O)[C@H](O)[C@H]1O)[C@H](O)/C=C/CCC/C=C(\C)CCCCCCCCC. The summed E-state index contributed by atoms with van der Waals surface area (Å²) in [5, 5.41) is 64.3. The lowest BCUT2D eigenvalue weighted by Crippen LogP contribution is -2.60. The van der Waals surface area contributed by atoms with Gasteiger partial charge in [-0.1, -0.05) is 146 Å². The molecule has 0 bridgehead atoms. The number of rotatable bonds is 32. The van der Waals surface area contributed by atoms with Crippen molar-refractivity contribution in [2.45, 2.75) is 211 Å². The predicted molar refractivity (Wildman–Crippen MR) is 209 cm³/mol. The van der Waals surface area contributed by atoms with Gasteiger partial charge >= 0.3 is 0 Å². The van der Waals surface area contributed by atoms with Gasteiger partial charge in [-0.3, -0.25) is 4.79 Å². The zero-order valence-corrected chi connectivity index (χ0v) is 32.9. The number of unbranched alkanes of at least 4 members (excludes halogenated alkanes) is 18. The van der Waals surface area contributed by atoms with Gasteiger partial charge in [-0.05, 0) is 51.9 Å². The van der Waals surface area contributed by atoms with Crippen molar-refractivity contribution in [2.75, 3.05) is 13.2 Å². The van der Waals surface area contributed by atoms with Crippen LogP contribution in [0.25, 0.3) is 0 Å². The maximum Gasteiger partial charge on any atom is 0.253 e. The third-order valence-corrected chi connectivity index (χ3v) is 9.92. The molecule has 1 amide bonds. The molecule has 7 N–H and O–H groups in total. The molecule has 1 rings (SSSR count). The zero-order chi connectivity index (χ0) is 38.4. The van der Waals surface area contributed by atoms with Crippen LogP contribution in [0.5, 0.6) is 0 Å². The number of carbonyl (C=O) groups is 1. The van der Waals surface area contributed by atoms with Gasteiger partial charge in [-0.25, -0.2) is 0 Å². The second-order valence-corrected chi connectivity index (χ2v) is 14.8. The first-order valence-corrected chi connectivity index (χ1v) is 20.7. The average Bonchev–Trinajstić information content (AvgIpc) is 3.14. The maximum atomic E-state index is 12.9. The van der Waals surface area contributed by atoms with E-state index in [1.165, 1.54) is 108 Å². The molecular formula is C42H77NO9. The van der Waals surface area contributed by atoms with Crippen molar-refractivity contribution in [3.05, 3.63) is 36.0 Å². The highest BCUT2D eigenvalue weighted by molar-refractivity contribution is 5.82. The van der Waals surface area contributed by atoms with Crippen LogP contribution >= 0.6 is 0 Å². The second kappa shape index (κ2) is 31.7. The van der Waals surface area contributed by atoms with E-state index >= 15 is 0 Å². The van der Waals surface area contributed by atoms with Crippen LogP contribution in [-0.4, -0.2) is 98.7 Å². The van der Waals surface area contributed by atoms with Crippen LogP contribution in [0.2, 0.25) is 0 Å². The van der Waals surface area contributed by atoms with Crippen molar-refractivity contribution in [3.8, 4) is 0 Å². The molecule has 10 heteroatoms. The molecule has 0 aromatic carbocycles. The minimum Gasteiger partial charge on any atom is -0.394 e. The Morgan fingerprint density at radius 3 is 1.85 bits per heavy atom. The normalized spacial score (nSPS) is 23.0. The Morgan fingerprint density at radius 2 is 1.25 bits per heavy atom. The molecule has 304 valence electrons. The first-order chi connectivity index (χ1) is 25.2. The number of hydrogen-bond donors (Lipinski definition) is 7. The Hall–Kier alpha value is -1.63. The third-order valence-electron chi connectivity index (χ3n) is 9.92. The van der Waals surface area contributed by atoms with E-state index in [1.54, 1.807) is 12.2 Å². The Labute approximate surface area is 315 Å². The van der Waals surface area contributed by atoms with E-state index < -0.39 is 61.5 Å². The molecule has 1 aliphatic heterocycles. The van der Waals surface area contributed by atoms with Gasteiger partial charge in [0, 0.05) is 0 Å². The Kier molecular flexibility index (Phi) is 29.5. The van der Waals surface area contributed by atoms with Gasteiger partial charge in [0.25, 0.3) is 5.91 Å². The van der Waals surface area contributed by atoms with Crippen LogP contribution in [0.3, 0.4) is 0 Å². The van der Waals surface area contributed by atoms with Gasteiger partial charge < -0.3 is 45.4 Å². The highest BCUT2D eigenvalue weighted by Crippen LogP contribution is 2.22. The standard InChI is InChI=1S/C42H77NO9/c1-4-6-8-10-12-13-14-15-16-18-20-26-30-36(46)41(50)43-34(32-51-42-40(49)39(48)38(47)37(31-44)52-42)35(45)29-25-22-21-24-28-33(3)27-23-19-17-11-9-7-5-2/h25-26,28-30,34-40,42,44-49H,4-24,27,31-32H2,1-3H3,(H,43,50)/b29-25+,30-26+,33-28+/t34-,35+,36+,37+,38+,39-,40+,42+/m0/s1. The van der Waals surface area contributed by atoms with Gasteiger partial charge in [0.15, 0.2) is 12.4 Å². The molecule has 8 atom stereocenters. The lowest BCUT2D eigenvalue weighted by atomic mass is 9.99. The van der Waals surface area contributed by atoms with Crippen molar-refractivity contribution in [1.29, 1.82) is 0 Å². The number of amides is 1. The number of hydrogen-bond acceptors (Lipinski definition) is 9. The number of allylic oxidation sites excluding steroid dienone is 4. The zero-order valence-electron chi connectivity index (χ0n) is 32.9. The van der Waals surface area contributed by atoms with E-state index in [0.717, 1.165) is 44.9 Å². The molecule has 1 aliphatic rings. The summed E-state index contributed by atoms with van der Waals surface area (Å²) in [5.41, 5.74) is 1.40. The van der Waals surface area contributed by atoms with Gasteiger partial charge in [-0.15, -0.1) is 0 Å². The molecule has 0 radical (unpaired) electrons. The van der Waals surface area contributed by atoms with Crippen molar-refractivity contribution in [1.82, 2.24) is 5.32 Å². The molecule has 0 aliphatic carbocycles. The highest BCUT2D eigenvalue weighted by Gasteiger charge is 2.44. The van der Waals surface area contributed by atoms with Gasteiger partial charge in [0.1, 0.15) is 24.4 Å². The summed E-state index contributed by atoms with van der Waals surface area (Å²) in [5.74, 6) is -0.712. The van der Waals surface area contributed by atoms with Crippen LogP contribution in [0.15, 0.2) is 36.0 Å². The van der Waals surface area contributed by atoms with E-state index in [0.29, 0.717) is 0 Å². The van der Waals surface area contributed by atoms with Crippen LogP contribution < -0.4 is 5.32 Å². The number of nitrogens with one attached hydrogen (secondary N) is 1. The van der Waals surface area contributed by atoms with E-state index in [4.69, 9.17) is 9.47 Å². The van der Waals surface area contributed by atoms with E-state index in [1.807, 2.05) is 6.08 Å². The quantitative estimate of drug-likeness (QED) is 0.0294. The minimum absolute atomic E-state index is 0.338. The molecule has 0 aromatic rings. The first-order valence-electron chi connectivity index (χ1n) is 20.7. The van der Waals surface area contributed by atoms with E-state index in [9.17, 15) is 35.4 Å². The summed E-state index contributed by atoms with van der Waals surface area (Å²) in [6.45, 7) is 5.70. The molecule has 0 aromatic heterocycles. The summed E-state index contributed by atoms with van der Waals surface area (Å²) in [6.07, 6.45) is 24.8. The number of aliphatic hydroxyl groups is 6. The topological polar surface area (TPSA) is 169 Å². The van der Waals surface area contributed by atoms with Crippen molar-refractivity contribution < 1.29 is 44.9 Å². The van der Waals surface area contributed by atoms with Gasteiger partial charge in [0.2, 0.25) is 0 Å². The summed E-state index contributed by atoms with van der Waals surface area (Å²) < 4.78 is 11.1. The van der Waals surface area contributed by atoms with Crippen LogP contribution in [-0.2, 0) is 14.3 Å². The van der Waals surface area contributed by atoms with Crippen LogP contribution in [0.4, 0.5) is 0 Å². The Balaban J connectivity index is 2.61. The lowest BCUT2D eigenvalue weighted by molar-refractivity contribution is -0.302. The van der Waals surface area contributed by atoms with Crippen molar-refractivity contribution in [2.24, 2.45) is 0 Å². The van der Waals surface area contributed by atoms with Crippen molar-refractivity contribution in [3.63, 3.8) is 0 Å². The van der Waals surface area contributed by atoms with Gasteiger partial charge in [-0.2, -0.15) is 0 Å². The number of aliphatic hydroxyl groups excluding tert-OH is 6. The molecule has 1 fully saturated rings. The fraction of sp³-hybridized carbons (Fsp3) is 0.833. The monoisotopic (exact) mass is 740 g/mol. The van der Waals surface area contributed by atoms with Crippen LogP contribution in [0.1, 0.15) is 162 Å². The lowest BCUT2D eigenvalue weighted by Gasteiger charge is -2.40. The highest BCUT2D eigenvalue weighted by atomic mass is 16.7. The molecule has 0 saturated carbocycles. The summed E-state index contributed by atoms with van der Waals surface area (Å²) in [4.78, 5) is 12.9. The second-order valence-electron chi connectivity index (χ2n) is 14.8. The molecule has 52 heavy (non-hydrogen) atoms. The van der Waals surface area contributed by atoms with Gasteiger partial charge in [0.05, 0.1) is 25.4 Å². The van der Waals surface area contributed by atoms with E-state index in [2.05, 4.69) is 32.2 Å². The summed E-state index contributed by atoms with van der Waals surface area (Å²) in [6, 6.07) is -1.02. The minimum atomic E-state index is -1.62.